The summed E-state index contributed by atoms with van der Waals surface area (Å²) in [6.07, 6.45) is 1.40. The zero-order valence-corrected chi connectivity index (χ0v) is 20.5. The number of fused-ring (bicyclic) bond motifs is 3. The van der Waals surface area contributed by atoms with Crippen LogP contribution in [0.2, 0.25) is 5.02 Å². The second kappa shape index (κ2) is 8.57. The molecule has 1 aromatic heterocycles. The molecule has 3 aromatic rings. The SMILES string of the molecule is C[C@H](N1CN([C@@H]2c3ccccc3SCc3c(Cl)cccc32)n2ccc(=O)c(O)c2C1=O)C(C)(F)F. The molecular weight excluding hydrogens is 496 g/mol. The second-order valence-corrected chi connectivity index (χ2v) is 10.2. The summed E-state index contributed by atoms with van der Waals surface area (Å²) in [6, 6.07) is 12.4. The summed E-state index contributed by atoms with van der Waals surface area (Å²) in [5.41, 5.74) is 1.53. The number of carbonyl (C=O) groups is 1. The summed E-state index contributed by atoms with van der Waals surface area (Å²) in [5, 5.41) is 12.9. The van der Waals surface area contributed by atoms with Crippen LogP contribution in [0.4, 0.5) is 8.78 Å². The average molecular weight is 518 g/mol. The number of carbonyl (C=O) groups excluding carboxylic acids is 1. The summed E-state index contributed by atoms with van der Waals surface area (Å²) in [4.78, 5) is 27.6. The molecule has 2 aliphatic heterocycles. The fourth-order valence-corrected chi connectivity index (χ4v) is 6.06. The number of rotatable bonds is 3. The van der Waals surface area contributed by atoms with Crippen LogP contribution in [-0.2, 0) is 5.75 Å². The smallest absolute Gasteiger partial charge is 0.278 e. The number of benzene rings is 2. The van der Waals surface area contributed by atoms with E-state index in [1.54, 1.807) is 22.8 Å². The van der Waals surface area contributed by atoms with Crippen molar-refractivity contribution in [3.63, 3.8) is 0 Å². The van der Waals surface area contributed by atoms with Crippen molar-refractivity contribution in [3.05, 3.63) is 92.4 Å². The summed E-state index contributed by atoms with van der Waals surface area (Å²) < 4.78 is 30.3. The minimum Gasteiger partial charge on any atom is -0.502 e. The van der Waals surface area contributed by atoms with Crippen LogP contribution in [0.3, 0.4) is 0 Å². The maximum absolute atomic E-state index is 14.4. The molecule has 0 spiro atoms. The predicted molar refractivity (Wildman–Crippen MR) is 131 cm³/mol. The number of aromatic nitrogens is 1. The largest absolute Gasteiger partial charge is 0.502 e. The first kappa shape index (κ1) is 23.7. The molecule has 0 saturated heterocycles. The number of nitrogens with zero attached hydrogens (tertiary/aromatic N) is 3. The third-order valence-corrected chi connectivity index (χ3v) is 8.10. The molecular formula is C25H22ClF2N3O3S. The van der Waals surface area contributed by atoms with Gasteiger partial charge in [-0.15, -0.1) is 11.8 Å². The van der Waals surface area contributed by atoms with Crippen LogP contribution in [0.15, 0.2) is 64.4 Å². The number of amides is 1. The normalized spacial score (nSPS) is 18.4. The summed E-state index contributed by atoms with van der Waals surface area (Å²) in [5.74, 6) is -4.23. The Hall–Kier alpha value is -3.04. The number of halogens is 3. The highest BCUT2D eigenvalue weighted by Crippen LogP contribution is 2.45. The Kier molecular flexibility index (Phi) is 5.80. The van der Waals surface area contributed by atoms with Gasteiger partial charge in [-0.05, 0) is 35.7 Å². The molecule has 1 amide bonds. The van der Waals surface area contributed by atoms with Crippen molar-refractivity contribution in [1.29, 1.82) is 0 Å². The molecule has 35 heavy (non-hydrogen) atoms. The monoisotopic (exact) mass is 517 g/mol. The zero-order chi connectivity index (χ0) is 25.1. The molecule has 6 nitrogen and oxygen atoms in total. The van der Waals surface area contributed by atoms with E-state index in [-0.39, 0.29) is 12.4 Å². The predicted octanol–water partition coefficient (Wildman–Crippen LogP) is 5.00. The number of thioether (sulfide) groups is 1. The van der Waals surface area contributed by atoms with Crippen molar-refractivity contribution in [2.75, 3.05) is 11.7 Å². The van der Waals surface area contributed by atoms with Gasteiger partial charge in [0.25, 0.3) is 11.8 Å². The Bertz CT molecular complexity index is 1390. The van der Waals surface area contributed by atoms with Crippen molar-refractivity contribution in [3.8, 4) is 5.75 Å². The van der Waals surface area contributed by atoms with E-state index in [1.807, 2.05) is 36.4 Å². The molecule has 182 valence electrons. The van der Waals surface area contributed by atoms with Crippen LogP contribution in [0.25, 0.3) is 0 Å². The minimum atomic E-state index is -3.22. The van der Waals surface area contributed by atoms with E-state index in [0.29, 0.717) is 10.8 Å². The van der Waals surface area contributed by atoms with Gasteiger partial charge in [0.15, 0.2) is 11.4 Å². The lowest BCUT2D eigenvalue weighted by molar-refractivity contribution is -0.0548. The quantitative estimate of drug-likeness (QED) is 0.530. The molecule has 2 aliphatic rings. The van der Waals surface area contributed by atoms with Crippen molar-refractivity contribution in [1.82, 2.24) is 9.58 Å². The molecule has 10 heteroatoms. The molecule has 0 fully saturated rings. The fraction of sp³-hybridized carbons (Fsp3) is 0.280. The summed E-state index contributed by atoms with van der Waals surface area (Å²) in [6.45, 7) is 1.80. The van der Waals surface area contributed by atoms with E-state index in [0.717, 1.165) is 39.5 Å². The Morgan fingerprint density at radius 2 is 1.83 bits per heavy atom. The molecule has 3 heterocycles. The number of alkyl halides is 2. The molecule has 1 N–H and O–H groups in total. The van der Waals surface area contributed by atoms with Gasteiger partial charge in [-0.1, -0.05) is 41.9 Å². The molecule has 5 rings (SSSR count). The van der Waals surface area contributed by atoms with Gasteiger partial charge in [0, 0.05) is 34.9 Å². The van der Waals surface area contributed by atoms with Crippen LogP contribution >= 0.6 is 23.4 Å². The Labute approximate surface area is 209 Å². The van der Waals surface area contributed by atoms with E-state index in [9.17, 15) is 23.5 Å². The first-order chi connectivity index (χ1) is 16.6. The number of pyridine rings is 1. The van der Waals surface area contributed by atoms with Gasteiger partial charge in [0.2, 0.25) is 5.43 Å². The van der Waals surface area contributed by atoms with Crippen LogP contribution in [0, 0.1) is 0 Å². The standard InChI is InChI=1S/C25H22ClF2N3O3S/c1-14(25(2,27)28)29-13-31(30-11-10-19(32)23(33)22(30)24(29)34)21-15-7-5-8-18(26)17(15)12-35-20-9-4-3-6-16(20)21/h3-11,14,21,33H,12-13H2,1-2H3/t14-,21-/m0/s1. The topological polar surface area (TPSA) is 65.8 Å². The maximum atomic E-state index is 14.4. The lowest BCUT2D eigenvalue weighted by Crippen LogP contribution is -2.60. The fourth-order valence-electron chi connectivity index (χ4n) is 4.59. The number of hydrogen-bond acceptors (Lipinski definition) is 5. The molecule has 0 radical (unpaired) electrons. The van der Waals surface area contributed by atoms with Gasteiger partial charge in [0.05, 0.1) is 12.1 Å². The van der Waals surface area contributed by atoms with Gasteiger partial charge >= 0.3 is 0 Å². The highest BCUT2D eigenvalue weighted by molar-refractivity contribution is 7.98. The van der Waals surface area contributed by atoms with Gasteiger partial charge < -0.3 is 10.0 Å². The maximum Gasteiger partial charge on any atom is 0.278 e. The lowest BCUT2D eigenvalue weighted by Gasteiger charge is -2.46. The second-order valence-electron chi connectivity index (χ2n) is 8.75. The Balaban J connectivity index is 1.79. The summed E-state index contributed by atoms with van der Waals surface area (Å²) in [7, 11) is 0. The molecule has 0 aliphatic carbocycles. The van der Waals surface area contributed by atoms with E-state index >= 15 is 0 Å². The van der Waals surface area contributed by atoms with Gasteiger partial charge in [0.1, 0.15) is 6.67 Å². The summed E-state index contributed by atoms with van der Waals surface area (Å²) >= 11 is 8.20. The molecule has 0 saturated carbocycles. The third kappa shape index (κ3) is 3.87. The Morgan fingerprint density at radius 3 is 2.57 bits per heavy atom. The van der Waals surface area contributed by atoms with Gasteiger partial charge in [-0.25, -0.2) is 8.78 Å². The number of hydrogen-bond donors (Lipinski definition) is 1. The first-order valence-electron chi connectivity index (χ1n) is 11.0. The van der Waals surface area contributed by atoms with Gasteiger partial charge in [-0.3, -0.25) is 19.3 Å². The molecule has 0 bridgehead atoms. The van der Waals surface area contributed by atoms with Crippen LogP contribution < -0.4 is 10.4 Å². The van der Waals surface area contributed by atoms with E-state index < -0.39 is 35.1 Å². The highest BCUT2D eigenvalue weighted by atomic mass is 35.5. The molecule has 2 aromatic carbocycles. The third-order valence-electron chi connectivity index (χ3n) is 6.63. The van der Waals surface area contributed by atoms with Gasteiger partial charge in [-0.2, -0.15) is 0 Å². The van der Waals surface area contributed by atoms with E-state index in [2.05, 4.69) is 0 Å². The average Bonchev–Trinajstić information content (AvgIpc) is 2.98. The minimum absolute atomic E-state index is 0.200. The zero-order valence-electron chi connectivity index (χ0n) is 18.9. The van der Waals surface area contributed by atoms with Crippen LogP contribution in [0.1, 0.15) is 47.1 Å². The molecule has 0 unspecified atom stereocenters. The Morgan fingerprint density at radius 1 is 1.11 bits per heavy atom. The van der Waals surface area contributed by atoms with Crippen LogP contribution in [-0.4, -0.2) is 39.2 Å². The number of aromatic hydroxyl groups is 1. The van der Waals surface area contributed by atoms with Crippen molar-refractivity contribution in [2.24, 2.45) is 0 Å². The van der Waals surface area contributed by atoms with E-state index in [1.165, 1.54) is 17.8 Å². The first-order valence-corrected chi connectivity index (χ1v) is 12.3. The highest BCUT2D eigenvalue weighted by Gasteiger charge is 2.45. The lowest BCUT2D eigenvalue weighted by atomic mass is 9.94. The van der Waals surface area contributed by atoms with Crippen molar-refractivity contribution < 1.29 is 18.7 Å². The molecule has 2 atom stereocenters. The van der Waals surface area contributed by atoms with Crippen molar-refractivity contribution in [2.45, 2.75) is 42.5 Å². The van der Waals surface area contributed by atoms with Crippen molar-refractivity contribution >= 4 is 29.3 Å². The van der Waals surface area contributed by atoms with E-state index in [4.69, 9.17) is 11.6 Å². The van der Waals surface area contributed by atoms with Crippen LogP contribution in [0.5, 0.6) is 5.75 Å².